The van der Waals surface area contributed by atoms with Crippen LogP contribution in [0, 0.1) is 24.7 Å². The van der Waals surface area contributed by atoms with Crippen molar-refractivity contribution < 1.29 is 24.1 Å². The van der Waals surface area contributed by atoms with Gasteiger partial charge in [0, 0.05) is 31.8 Å². The van der Waals surface area contributed by atoms with Crippen molar-refractivity contribution in [1.82, 2.24) is 0 Å². The van der Waals surface area contributed by atoms with E-state index >= 15 is 0 Å². The lowest BCUT2D eigenvalue weighted by atomic mass is 9.69. The van der Waals surface area contributed by atoms with Gasteiger partial charge in [0.2, 0.25) is 0 Å². The van der Waals surface area contributed by atoms with E-state index in [9.17, 15) is 5.11 Å². The molecular formula is C37H52O5. The molecule has 0 radical (unpaired) electrons. The van der Waals surface area contributed by atoms with Crippen LogP contribution in [0.3, 0.4) is 0 Å². The molecule has 230 valence electrons. The maximum absolute atomic E-state index is 11.0. The quantitative estimate of drug-likeness (QED) is 0.163. The molecule has 0 aromatic heterocycles. The molecule has 0 fully saturated rings. The Morgan fingerprint density at radius 1 is 0.714 bits per heavy atom. The van der Waals surface area contributed by atoms with Gasteiger partial charge >= 0.3 is 0 Å². The molecule has 0 saturated carbocycles. The molecule has 1 atom stereocenters. The molecule has 0 saturated heterocycles. The second kappa shape index (κ2) is 14.5. The maximum atomic E-state index is 11.0. The van der Waals surface area contributed by atoms with E-state index in [2.05, 4.69) is 84.9 Å². The van der Waals surface area contributed by atoms with E-state index in [1.807, 2.05) is 19.1 Å². The lowest BCUT2D eigenvalue weighted by molar-refractivity contribution is 0.00321. The van der Waals surface area contributed by atoms with E-state index in [1.54, 1.807) is 14.2 Å². The van der Waals surface area contributed by atoms with Crippen LogP contribution < -0.4 is 4.74 Å². The molecule has 0 bridgehead atoms. The Labute approximate surface area is 254 Å². The van der Waals surface area contributed by atoms with Crippen LogP contribution in [0.25, 0.3) is 0 Å². The third kappa shape index (κ3) is 9.58. The first kappa shape index (κ1) is 33.6. The predicted molar refractivity (Wildman–Crippen MR) is 171 cm³/mol. The second-order valence-corrected chi connectivity index (χ2v) is 13.9. The van der Waals surface area contributed by atoms with E-state index in [1.165, 1.54) is 5.56 Å². The van der Waals surface area contributed by atoms with Crippen molar-refractivity contribution in [3.05, 3.63) is 93.0 Å². The summed E-state index contributed by atoms with van der Waals surface area (Å²) < 4.78 is 23.1. The van der Waals surface area contributed by atoms with Crippen LogP contribution in [0.15, 0.2) is 48.5 Å². The molecule has 5 nitrogen and oxygen atoms in total. The Bertz CT molecular complexity index is 1300. The fourth-order valence-corrected chi connectivity index (χ4v) is 5.69. The first-order valence-corrected chi connectivity index (χ1v) is 14.9. The van der Waals surface area contributed by atoms with Gasteiger partial charge in [-0.05, 0) is 59.3 Å². The number of phenolic OH excluding ortho intramolecular Hbond substituents is 1. The SMILES string of the molecule is COCc1cc(C)cc(Cc2cc(C)cc(COC)c2OCOCc2ccc(C(CC(C)(C)C)C(C)(C)C)cc2)c1O. The lowest BCUT2D eigenvalue weighted by Crippen LogP contribution is -2.23. The number of hydrogen-bond acceptors (Lipinski definition) is 5. The lowest BCUT2D eigenvalue weighted by Gasteiger charge is -2.36. The van der Waals surface area contributed by atoms with Crippen molar-refractivity contribution in [3.63, 3.8) is 0 Å². The van der Waals surface area contributed by atoms with E-state index in [4.69, 9.17) is 18.9 Å². The van der Waals surface area contributed by atoms with Crippen molar-refractivity contribution in [1.29, 1.82) is 0 Å². The van der Waals surface area contributed by atoms with Crippen LogP contribution in [0.5, 0.6) is 11.5 Å². The maximum Gasteiger partial charge on any atom is 0.189 e. The molecular weight excluding hydrogens is 524 g/mol. The molecule has 3 rings (SSSR count). The summed E-state index contributed by atoms with van der Waals surface area (Å²) >= 11 is 0. The van der Waals surface area contributed by atoms with Crippen molar-refractivity contribution in [2.45, 2.75) is 94.0 Å². The number of aryl methyl sites for hydroxylation is 2. The number of methoxy groups -OCH3 is 2. The summed E-state index contributed by atoms with van der Waals surface area (Å²) in [5.74, 6) is 1.48. The minimum absolute atomic E-state index is 0.109. The smallest absolute Gasteiger partial charge is 0.189 e. The van der Waals surface area contributed by atoms with E-state index in [-0.39, 0.29) is 23.4 Å². The van der Waals surface area contributed by atoms with Gasteiger partial charge in [-0.25, -0.2) is 0 Å². The number of benzene rings is 3. The van der Waals surface area contributed by atoms with Crippen LogP contribution in [0.2, 0.25) is 0 Å². The van der Waals surface area contributed by atoms with Crippen LogP contribution >= 0.6 is 0 Å². The number of rotatable bonds is 13. The Morgan fingerprint density at radius 3 is 1.83 bits per heavy atom. The van der Waals surface area contributed by atoms with Crippen LogP contribution in [0.4, 0.5) is 0 Å². The summed E-state index contributed by atoms with van der Waals surface area (Å²) in [6.07, 6.45) is 1.65. The average Bonchev–Trinajstić information content (AvgIpc) is 2.88. The molecule has 0 aliphatic heterocycles. The van der Waals surface area contributed by atoms with Crippen molar-refractivity contribution in [2.24, 2.45) is 10.8 Å². The highest BCUT2D eigenvalue weighted by Crippen LogP contribution is 2.43. The van der Waals surface area contributed by atoms with Crippen molar-refractivity contribution in [2.75, 3.05) is 21.0 Å². The van der Waals surface area contributed by atoms with Gasteiger partial charge in [0.1, 0.15) is 11.5 Å². The summed E-state index contributed by atoms with van der Waals surface area (Å²) in [5, 5.41) is 11.0. The zero-order valence-electron chi connectivity index (χ0n) is 27.5. The highest BCUT2D eigenvalue weighted by Gasteiger charge is 2.30. The van der Waals surface area contributed by atoms with Gasteiger partial charge in [-0.3, -0.25) is 0 Å². The summed E-state index contributed by atoms with van der Waals surface area (Å²) in [6, 6.07) is 17.0. The molecule has 0 amide bonds. The molecule has 0 aliphatic carbocycles. The van der Waals surface area contributed by atoms with Gasteiger partial charge in [0.05, 0.1) is 19.8 Å². The Balaban J connectivity index is 1.75. The molecule has 0 heterocycles. The Hall–Kier alpha value is -2.86. The zero-order chi connectivity index (χ0) is 31.1. The van der Waals surface area contributed by atoms with Gasteiger partial charge in [-0.15, -0.1) is 0 Å². The highest BCUT2D eigenvalue weighted by molar-refractivity contribution is 5.51. The number of ether oxygens (including phenoxy) is 4. The topological polar surface area (TPSA) is 57.2 Å². The van der Waals surface area contributed by atoms with E-state index in [0.717, 1.165) is 51.1 Å². The standard InChI is InChI=1S/C37H52O5/c1-25-15-29(34(38)31(17-25)22-39-9)19-30-16-26(2)18-32(23-40-10)35(30)42-24-41-21-27-11-13-28(14-12-27)33(37(6,7)8)20-36(3,4)5/h11-18,33,38H,19-24H2,1-10H3. The van der Waals surface area contributed by atoms with Crippen molar-refractivity contribution in [3.8, 4) is 11.5 Å². The number of aromatic hydroxyl groups is 1. The van der Waals surface area contributed by atoms with E-state index < -0.39 is 0 Å². The summed E-state index contributed by atoms with van der Waals surface area (Å²) in [6.45, 7) is 19.4. The molecule has 3 aromatic rings. The third-order valence-corrected chi connectivity index (χ3v) is 7.58. The van der Waals surface area contributed by atoms with Gasteiger partial charge < -0.3 is 24.1 Å². The zero-order valence-corrected chi connectivity index (χ0v) is 27.5. The molecule has 0 aliphatic rings. The summed E-state index contributed by atoms with van der Waals surface area (Å²) in [4.78, 5) is 0. The highest BCUT2D eigenvalue weighted by atomic mass is 16.7. The normalized spacial score (nSPS) is 12.9. The molecule has 3 aromatic carbocycles. The van der Waals surface area contributed by atoms with Crippen molar-refractivity contribution >= 4 is 0 Å². The monoisotopic (exact) mass is 576 g/mol. The Morgan fingerprint density at radius 2 is 1.26 bits per heavy atom. The first-order chi connectivity index (χ1) is 19.7. The largest absolute Gasteiger partial charge is 0.507 e. The van der Waals surface area contributed by atoms with Crippen LogP contribution in [-0.4, -0.2) is 26.1 Å². The molecule has 5 heteroatoms. The number of phenols is 1. The summed E-state index contributed by atoms with van der Waals surface area (Å²) in [7, 11) is 3.32. The van der Waals surface area contributed by atoms with Crippen LogP contribution in [0.1, 0.15) is 98.4 Å². The molecule has 1 unspecified atom stereocenters. The molecule has 42 heavy (non-hydrogen) atoms. The molecule has 0 spiro atoms. The second-order valence-electron chi connectivity index (χ2n) is 13.9. The minimum atomic E-state index is 0.109. The predicted octanol–water partition coefficient (Wildman–Crippen LogP) is 9.01. The van der Waals surface area contributed by atoms with Gasteiger partial charge in [0.15, 0.2) is 6.79 Å². The van der Waals surface area contributed by atoms with E-state index in [0.29, 0.717) is 32.2 Å². The fourth-order valence-electron chi connectivity index (χ4n) is 5.69. The number of hydrogen-bond donors (Lipinski definition) is 1. The van der Waals surface area contributed by atoms with Gasteiger partial charge in [-0.2, -0.15) is 0 Å². The van der Waals surface area contributed by atoms with Crippen LogP contribution in [-0.2, 0) is 40.5 Å². The van der Waals surface area contributed by atoms with Gasteiger partial charge in [0.25, 0.3) is 0 Å². The fraction of sp³-hybridized carbons (Fsp3) is 0.514. The molecule has 1 N–H and O–H groups in total. The summed E-state index contributed by atoms with van der Waals surface area (Å²) in [5.41, 5.74) is 8.66. The minimum Gasteiger partial charge on any atom is -0.507 e. The third-order valence-electron chi connectivity index (χ3n) is 7.58. The van der Waals surface area contributed by atoms with Gasteiger partial charge in [-0.1, -0.05) is 101 Å². The average molecular weight is 577 g/mol. The first-order valence-electron chi connectivity index (χ1n) is 14.9. The Kier molecular flexibility index (Phi) is 11.7.